The Morgan fingerprint density at radius 3 is 2.63 bits per heavy atom. The lowest BCUT2D eigenvalue weighted by atomic mass is 9.67. The van der Waals surface area contributed by atoms with Crippen LogP contribution in [0.1, 0.15) is 73.0 Å². The Kier molecular flexibility index (Phi) is 3.33. The van der Waals surface area contributed by atoms with E-state index in [4.69, 9.17) is 9.52 Å². The molecule has 0 aromatic carbocycles. The maximum atomic E-state index is 11.0. The van der Waals surface area contributed by atoms with E-state index in [2.05, 4.69) is 4.98 Å². The minimum absolute atomic E-state index is 0.0840. The number of aromatic nitrogens is 1. The summed E-state index contributed by atoms with van der Waals surface area (Å²) in [4.78, 5) is 15.2. The number of oxazole rings is 1. The normalized spacial score (nSPS) is 30.9. The van der Waals surface area contributed by atoms with E-state index < -0.39 is 5.97 Å². The van der Waals surface area contributed by atoms with Gasteiger partial charge in [-0.05, 0) is 38.0 Å². The molecule has 0 bridgehead atoms. The van der Waals surface area contributed by atoms with E-state index >= 15 is 0 Å². The number of carboxylic acids is 1. The Balaban J connectivity index is 1.76. The highest BCUT2D eigenvalue weighted by molar-refractivity contribution is 5.86. The third kappa shape index (κ3) is 2.40. The van der Waals surface area contributed by atoms with Crippen molar-refractivity contribution in [2.75, 3.05) is 0 Å². The second kappa shape index (κ2) is 4.99. The largest absolute Gasteiger partial charge is 0.476 e. The zero-order chi connectivity index (χ0) is 13.4. The van der Waals surface area contributed by atoms with Crippen molar-refractivity contribution in [1.82, 2.24) is 4.98 Å². The highest BCUT2D eigenvalue weighted by Crippen LogP contribution is 2.45. The highest BCUT2D eigenvalue weighted by Gasteiger charge is 2.35. The first-order chi connectivity index (χ1) is 9.15. The summed E-state index contributed by atoms with van der Waals surface area (Å²) < 4.78 is 5.60. The number of nitrogens with zero attached hydrogens (tertiary/aromatic N) is 1. The van der Waals surface area contributed by atoms with Crippen LogP contribution in [0.2, 0.25) is 0 Å². The lowest BCUT2D eigenvalue weighted by molar-refractivity contribution is 0.0689. The average molecular weight is 263 g/mol. The molecule has 0 amide bonds. The van der Waals surface area contributed by atoms with Crippen LogP contribution in [0.3, 0.4) is 0 Å². The number of hydrogen-bond acceptors (Lipinski definition) is 3. The van der Waals surface area contributed by atoms with Crippen LogP contribution in [0, 0.1) is 18.8 Å². The first kappa shape index (κ1) is 12.7. The Morgan fingerprint density at radius 2 is 1.95 bits per heavy atom. The van der Waals surface area contributed by atoms with E-state index in [1.165, 1.54) is 32.1 Å². The summed E-state index contributed by atoms with van der Waals surface area (Å²) in [5.74, 6) is 2.12. The fourth-order valence-corrected chi connectivity index (χ4v) is 3.89. The molecule has 0 aliphatic heterocycles. The fraction of sp³-hybridized carbons (Fsp3) is 0.733. The van der Waals surface area contributed by atoms with Crippen molar-refractivity contribution in [3.05, 3.63) is 17.3 Å². The van der Waals surface area contributed by atoms with Gasteiger partial charge in [-0.3, -0.25) is 0 Å². The maximum absolute atomic E-state index is 11.0. The zero-order valence-electron chi connectivity index (χ0n) is 11.4. The second-order valence-electron chi connectivity index (χ2n) is 6.08. The summed E-state index contributed by atoms with van der Waals surface area (Å²) >= 11 is 0. The molecule has 2 aliphatic carbocycles. The molecule has 0 radical (unpaired) electrons. The number of hydrogen-bond donors (Lipinski definition) is 1. The molecule has 4 heteroatoms. The van der Waals surface area contributed by atoms with Crippen LogP contribution in [0.15, 0.2) is 4.42 Å². The van der Waals surface area contributed by atoms with E-state index in [0.29, 0.717) is 17.6 Å². The second-order valence-corrected chi connectivity index (χ2v) is 6.08. The summed E-state index contributed by atoms with van der Waals surface area (Å²) in [6, 6.07) is 0. The quantitative estimate of drug-likeness (QED) is 0.882. The van der Waals surface area contributed by atoms with Gasteiger partial charge in [0.15, 0.2) is 11.6 Å². The molecule has 104 valence electrons. The number of fused-ring (bicyclic) bond motifs is 1. The Bertz CT molecular complexity index is 480. The number of aromatic carboxylic acids is 1. The first-order valence-electron chi connectivity index (χ1n) is 7.35. The number of aryl methyl sites for hydroxylation is 1. The van der Waals surface area contributed by atoms with Gasteiger partial charge in [-0.2, -0.15) is 0 Å². The number of rotatable bonds is 2. The minimum Gasteiger partial charge on any atom is -0.476 e. The van der Waals surface area contributed by atoms with Gasteiger partial charge in [0.2, 0.25) is 0 Å². The van der Waals surface area contributed by atoms with Gasteiger partial charge in [-0.15, -0.1) is 0 Å². The fourth-order valence-electron chi connectivity index (χ4n) is 3.89. The van der Waals surface area contributed by atoms with Crippen LogP contribution in [0.25, 0.3) is 0 Å². The van der Waals surface area contributed by atoms with Crippen molar-refractivity contribution in [2.24, 2.45) is 11.8 Å². The SMILES string of the molecule is Cc1oc(C2CCC3CCCCC3C2)nc1C(=O)O. The lowest BCUT2D eigenvalue weighted by Gasteiger charge is -2.38. The predicted octanol–water partition coefficient (Wildman–Crippen LogP) is 3.76. The summed E-state index contributed by atoms with van der Waals surface area (Å²) in [6.07, 6.45) is 8.91. The molecule has 0 saturated heterocycles. The third-order valence-electron chi connectivity index (χ3n) is 4.90. The first-order valence-corrected chi connectivity index (χ1v) is 7.35. The molecule has 2 aliphatic rings. The molecular weight excluding hydrogens is 242 g/mol. The summed E-state index contributed by atoms with van der Waals surface area (Å²) in [5, 5.41) is 9.04. The Morgan fingerprint density at radius 1 is 1.21 bits per heavy atom. The minimum atomic E-state index is -0.987. The van der Waals surface area contributed by atoms with E-state index in [1.807, 2.05) is 0 Å². The summed E-state index contributed by atoms with van der Waals surface area (Å²) in [7, 11) is 0. The zero-order valence-corrected chi connectivity index (χ0v) is 11.4. The van der Waals surface area contributed by atoms with E-state index in [9.17, 15) is 4.79 Å². The van der Waals surface area contributed by atoms with Gasteiger partial charge < -0.3 is 9.52 Å². The van der Waals surface area contributed by atoms with E-state index in [1.54, 1.807) is 6.92 Å². The standard InChI is InChI=1S/C15H21NO3/c1-9-13(15(17)18)16-14(19-9)12-7-6-10-4-2-3-5-11(10)8-12/h10-12H,2-8H2,1H3,(H,17,18). The third-order valence-corrected chi connectivity index (χ3v) is 4.90. The molecule has 1 aromatic rings. The molecule has 1 heterocycles. The topological polar surface area (TPSA) is 63.3 Å². The number of carbonyl (C=O) groups is 1. The van der Waals surface area contributed by atoms with Crippen LogP contribution in [0.4, 0.5) is 0 Å². The van der Waals surface area contributed by atoms with Crippen molar-refractivity contribution in [3.63, 3.8) is 0 Å². The molecule has 2 fully saturated rings. The van der Waals surface area contributed by atoms with Crippen molar-refractivity contribution >= 4 is 5.97 Å². The Labute approximate surface area is 113 Å². The molecule has 2 saturated carbocycles. The van der Waals surface area contributed by atoms with Crippen molar-refractivity contribution in [3.8, 4) is 0 Å². The van der Waals surface area contributed by atoms with Crippen LogP contribution in [-0.2, 0) is 0 Å². The van der Waals surface area contributed by atoms with Crippen LogP contribution in [-0.4, -0.2) is 16.1 Å². The highest BCUT2D eigenvalue weighted by atomic mass is 16.4. The molecular formula is C15H21NO3. The molecule has 3 atom stereocenters. The molecule has 19 heavy (non-hydrogen) atoms. The number of carboxylic acid groups (broad SMARTS) is 1. The van der Waals surface area contributed by atoms with Gasteiger partial charge in [0.05, 0.1) is 0 Å². The smallest absolute Gasteiger partial charge is 0.358 e. The van der Waals surface area contributed by atoms with Gasteiger partial charge in [0.1, 0.15) is 5.76 Å². The van der Waals surface area contributed by atoms with E-state index in [-0.39, 0.29) is 5.69 Å². The van der Waals surface area contributed by atoms with Crippen LogP contribution in [0.5, 0.6) is 0 Å². The average Bonchev–Trinajstić information content (AvgIpc) is 2.80. The van der Waals surface area contributed by atoms with Crippen LogP contribution < -0.4 is 0 Å². The van der Waals surface area contributed by atoms with Gasteiger partial charge in [0, 0.05) is 5.92 Å². The molecule has 4 nitrogen and oxygen atoms in total. The summed E-state index contributed by atoms with van der Waals surface area (Å²) in [5.41, 5.74) is 0.0840. The van der Waals surface area contributed by atoms with Crippen molar-refractivity contribution in [1.29, 1.82) is 0 Å². The van der Waals surface area contributed by atoms with Gasteiger partial charge >= 0.3 is 5.97 Å². The molecule has 0 spiro atoms. The maximum Gasteiger partial charge on any atom is 0.358 e. The van der Waals surface area contributed by atoms with E-state index in [0.717, 1.165) is 24.7 Å². The molecule has 1 aromatic heterocycles. The molecule has 3 rings (SSSR count). The summed E-state index contributed by atoms with van der Waals surface area (Å²) in [6.45, 7) is 1.69. The Hall–Kier alpha value is -1.32. The predicted molar refractivity (Wildman–Crippen MR) is 70.2 cm³/mol. The van der Waals surface area contributed by atoms with Gasteiger partial charge in [-0.1, -0.05) is 25.7 Å². The van der Waals surface area contributed by atoms with Crippen molar-refractivity contribution in [2.45, 2.75) is 57.8 Å². The van der Waals surface area contributed by atoms with Crippen LogP contribution >= 0.6 is 0 Å². The van der Waals surface area contributed by atoms with Gasteiger partial charge in [0.25, 0.3) is 0 Å². The van der Waals surface area contributed by atoms with Gasteiger partial charge in [-0.25, -0.2) is 9.78 Å². The molecule has 3 unspecified atom stereocenters. The lowest BCUT2D eigenvalue weighted by Crippen LogP contribution is -2.27. The monoisotopic (exact) mass is 263 g/mol. The molecule has 1 N–H and O–H groups in total. The van der Waals surface area contributed by atoms with Crippen molar-refractivity contribution < 1.29 is 14.3 Å².